The van der Waals surface area contributed by atoms with E-state index in [9.17, 15) is 0 Å². The Balaban J connectivity index is 1.99. The lowest BCUT2D eigenvalue weighted by atomic mass is 9.82. The summed E-state index contributed by atoms with van der Waals surface area (Å²) in [7, 11) is 1.75. The Morgan fingerprint density at radius 2 is 2.04 bits per heavy atom. The van der Waals surface area contributed by atoms with Gasteiger partial charge in [-0.25, -0.2) is 9.97 Å². The van der Waals surface area contributed by atoms with Gasteiger partial charge in [0.25, 0.3) is 0 Å². The molecule has 1 aliphatic carbocycles. The highest BCUT2D eigenvalue weighted by atomic mass is 15.1. The first-order valence-corrected chi connectivity index (χ1v) is 9.64. The van der Waals surface area contributed by atoms with E-state index in [0.29, 0.717) is 5.95 Å². The van der Waals surface area contributed by atoms with Gasteiger partial charge in [0.1, 0.15) is 0 Å². The maximum atomic E-state index is 4.52. The Hall–Kier alpha value is -2.01. The average Bonchev–Trinajstić information content (AvgIpc) is 2.60. The van der Waals surface area contributed by atoms with Crippen LogP contribution in [-0.2, 0) is 0 Å². The molecular weight excluding hydrogens is 322 g/mol. The van der Waals surface area contributed by atoms with Gasteiger partial charge in [-0.05, 0) is 45.4 Å². The first-order chi connectivity index (χ1) is 12.5. The van der Waals surface area contributed by atoms with E-state index in [1.165, 1.54) is 25.9 Å². The van der Waals surface area contributed by atoms with E-state index >= 15 is 0 Å². The fraction of sp³-hybridized carbons (Fsp3) is 0.571. The smallest absolute Gasteiger partial charge is 0.227 e. The lowest BCUT2D eigenvalue weighted by Crippen LogP contribution is -2.36. The van der Waals surface area contributed by atoms with E-state index in [1.807, 2.05) is 13.1 Å². The Kier molecular flexibility index (Phi) is 7.51. The molecule has 0 radical (unpaired) electrons. The molecule has 0 saturated heterocycles. The van der Waals surface area contributed by atoms with Crippen LogP contribution in [0.4, 0.5) is 5.95 Å². The molecule has 0 aromatic carbocycles. The van der Waals surface area contributed by atoms with E-state index in [2.05, 4.69) is 64.2 Å². The highest BCUT2D eigenvalue weighted by molar-refractivity contribution is 5.80. The van der Waals surface area contributed by atoms with Crippen LogP contribution >= 0.6 is 0 Å². The third kappa shape index (κ3) is 5.77. The summed E-state index contributed by atoms with van der Waals surface area (Å²) in [5, 5.41) is 3.33. The summed E-state index contributed by atoms with van der Waals surface area (Å²) in [6, 6.07) is 0. The minimum absolute atomic E-state index is 0.188. The summed E-state index contributed by atoms with van der Waals surface area (Å²) in [4.78, 5) is 15.5. The van der Waals surface area contributed by atoms with Crippen LogP contribution in [0.25, 0.3) is 0 Å². The van der Waals surface area contributed by atoms with Crippen LogP contribution in [0.3, 0.4) is 0 Å². The summed E-state index contributed by atoms with van der Waals surface area (Å²) >= 11 is 0. The van der Waals surface area contributed by atoms with Gasteiger partial charge in [0, 0.05) is 42.7 Å². The average molecular weight is 356 g/mol. The quantitative estimate of drug-likeness (QED) is 0.674. The standard InChI is InChI=1S/C21H33N5/c1-6-12-26(13-7-2)16-21(4)10-8-19(9-11-21)25-20-23-15-18(14-22-5)17(3)24-20/h8-10,14-15H,6-7,11-13,16H2,1-5H3,(H,23,24,25). The second kappa shape index (κ2) is 9.62. The fourth-order valence-corrected chi connectivity index (χ4v) is 3.32. The van der Waals surface area contributed by atoms with Crippen molar-refractivity contribution in [2.75, 3.05) is 32.0 Å². The van der Waals surface area contributed by atoms with Crippen molar-refractivity contribution in [1.82, 2.24) is 14.9 Å². The number of nitrogens with zero attached hydrogens (tertiary/aromatic N) is 4. The molecule has 1 atom stereocenters. The number of aromatic nitrogens is 2. The second-order valence-electron chi connectivity index (χ2n) is 7.37. The minimum Gasteiger partial charge on any atom is -0.324 e. The second-order valence-corrected chi connectivity index (χ2v) is 7.37. The van der Waals surface area contributed by atoms with Crippen molar-refractivity contribution in [3.05, 3.63) is 41.4 Å². The van der Waals surface area contributed by atoms with Gasteiger partial charge < -0.3 is 10.2 Å². The predicted molar refractivity (Wildman–Crippen MR) is 111 cm³/mol. The van der Waals surface area contributed by atoms with Gasteiger partial charge >= 0.3 is 0 Å². The van der Waals surface area contributed by atoms with E-state index in [1.54, 1.807) is 13.3 Å². The maximum absolute atomic E-state index is 4.52. The number of allylic oxidation sites excluding steroid dienone is 2. The molecule has 0 spiro atoms. The van der Waals surface area contributed by atoms with Crippen LogP contribution < -0.4 is 5.32 Å². The van der Waals surface area contributed by atoms with E-state index in [-0.39, 0.29) is 5.41 Å². The van der Waals surface area contributed by atoms with Gasteiger partial charge in [-0.2, -0.15) is 0 Å². The van der Waals surface area contributed by atoms with Crippen LogP contribution in [0.1, 0.15) is 51.3 Å². The van der Waals surface area contributed by atoms with Gasteiger partial charge in [-0.1, -0.05) is 32.9 Å². The molecule has 142 valence electrons. The topological polar surface area (TPSA) is 53.4 Å². The highest BCUT2D eigenvalue weighted by Gasteiger charge is 2.25. The largest absolute Gasteiger partial charge is 0.324 e. The van der Waals surface area contributed by atoms with Crippen molar-refractivity contribution in [2.24, 2.45) is 10.4 Å². The van der Waals surface area contributed by atoms with Crippen molar-refractivity contribution in [3.63, 3.8) is 0 Å². The number of aryl methyl sites for hydroxylation is 1. The van der Waals surface area contributed by atoms with E-state index < -0.39 is 0 Å². The molecule has 5 heteroatoms. The highest BCUT2D eigenvalue weighted by Crippen LogP contribution is 2.30. The van der Waals surface area contributed by atoms with E-state index in [0.717, 1.165) is 29.9 Å². The first-order valence-electron chi connectivity index (χ1n) is 9.64. The predicted octanol–water partition coefficient (Wildman–Crippen LogP) is 4.22. The van der Waals surface area contributed by atoms with Gasteiger partial charge in [0.15, 0.2) is 0 Å². The Morgan fingerprint density at radius 1 is 1.31 bits per heavy atom. The first kappa shape index (κ1) is 20.3. The molecule has 0 fully saturated rings. The molecule has 1 aromatic rings. The molecule has 1 aromatic heterocycles. The molecule has 5 nitrogen and oxygen atoms in total. The summed E-state index contributed by atoms with van der Waals surface area (Å²) < 4.78 is 0. The molecule has 1 unspecified atom stereocenters. The zero-order valence-electron chi connectivity index (χ0n) is 16.9. The molecular formula is C21H33N5. The summed E-state index contributed by atoms with van der Waals surface area (Å²) in [5.74, 6) is 0.633. The number of hydrogen-bond donors (Lipinski definition) is 1. The maximum Gasteiger partial charge on any atom is 0.227 e. The Morgan fingerprint density at radius 3 is 2.58 bits per heavy atom. The van der Waals surface area contributed by atoms with Crippen LogP contribution in [0, 0.1) is 12.3 Å². The van der Waals surface area contributed by atoms with Crippen molar-refractivity contribution >= 4 is 12.2 Å². The molecule has 0 amide bonds. The normalized spacial score (nSPS) is 20.0. The number of anilines is 1. The van der Waals surface area contributed by atoms with Crippen molar-refractivity contribution in [2.45, 2.75) is 47.0 Å². The Labute approximate surface area is 158 Å². The molecule has 2 rings (SSSR count). The zero-order valence-corrected chi connectivity index (χ0v) is 16.9. The monoisotopic (exact) mass is 355 g/mol. The van der Waals surface area contributed by atoms with Crippen LogP contribution in [0.5, 0.6) is 0 Å². The third-order valence-corrected chi connectivity index (χ3v) is 4.66. The summed E-state index contributed by atoms with van der Waals surface area (Å²) in [6.45, 7) is 12.3. The zero-order chi connectivity index (χ0) is 19.0. The van der Waals surface area contributed by atoms with Crippen LogP contribution in [0.2, 0.25) is 0 Å². The molecule has 0 aliphatic heterocycles. The van der Waals surface area contributed by atoms with Gasteiger partial charge in [0.2, 0.25) is 5.95 Å². The summed E-state index contributed by atoms with van der Waals surface area (Å²) in [5.41, 5.74) is 3.13. The molecule has 26 heavy (non-hydrogen) atoms. The SMILES string of the molecule is CCCN(CCC)CC1(C)C=CC(Nc2ncc(C=NC)c(C)n2)=CC1. The number of nitrogens with one attached hydrogen (secondary N) is 1. The molecule has 1 N–H and O–H groups in total. The van der Waals surface area contributed by atoms with Crippen molar-refractivity contribution in [3.8, 4) is 0 Å². The molecule has 0 bridgehead atoms. The van der Waals surface area contributed by atoms with E-state index in [4.69, 9.17) is 0 Å². The van der Waals surface area contributed by atoms with Crippen LogP contribution in [-0.4, -0.2) is 47.8 Å². The Bertz CT molecular complexity index is 671. The molecule has 1 heterocycles. The number of aliphatic imine (C=N–C) groups is 1. The lowest BCUT2D eigenvalue weighted by molar-refractivity contribution is 0.198. The van der Waals surface area contributed by atoms with Gasteiger partial charge in [-0.15, -0.1) is 0 Å². The summed E-state index contributed by atoms with van der Waals surface area (Å²) in [6.07, 6.45) is 13.8. The van der Waals surface area contributed by atoms with Crippen LogP contribution in [0.15, 0.2) is 35.1 Å². The van der Waals surface area contributed by atoms with Gasteiger partial charge in [0.05, 0.1) is 5.69 Å². The minimum atomic E-state index is 0.188. The third-order valence-electron chi connectivity index (χ3n) is 4.66. The molecule has 1 aliphatic rings. The van der Waals surface area contributed by atoms with Gasteiger partial charge in [-0.3, -0.25) is 4.99 Å². The lowest BCUT2D eigenvalue weighted by Gasteiger charge is -2.34. The molecule has 0 saturated carbocycles. The number of rotatable bonds is 9. The number of hydrogen-bond acceptors (Lipinski definition) is 5. The fourth-order valence-electron chi connectivity index (χ4n) is 3.32. The van der Waals surface area contributed by atoms with Crippen molar-refractivity contribution < 1.29 is 0 Å². The van der Waals surface area contributed by atoms with Crippen molar-refractivity contribution in [1.29, 1.82) is 0 Å².